The first-order chi connectivity index (χ1) is 6.13. The highest BCUT2D eigenvalue weighted by molar-refractivity contribution is 5.73. The van der Waals surface area contributed by atoms with Crippen molar-refractivity contribution in [2.75, 3.05) is 0 Å². The number of carbonyl (C=O) groups is 1. The van der Waals surface area contributed by atoms with Gasteiger partial charge in [0.05, 0.1) is 6.10 Å². The fourth-order valence-corrected chi connectivity index (χ4v) is 1.57. The van der Waals surface area contributed by atoms with Gasteiger partial charge in [-0.15, -0.1) is 0 Å². The number of aliphatic carboxylic acids is 1. The highest BCUT2D eigenvalue weighted by Crippen LogP contribution is 2.22. The first-order valence-electron chi connectivity index (χ1n) is 4.44. The molecule has 0 aliphatic heterocycles. The third kappa shape index (κ3) is 2.54. The number of aliphatic hydroxyl groups is 1. The monoisotopic (exact) mass is 185 g/mol. The summed E-state index contributed by atoms with van der Waals surface area (Å²) >= 11 is 0. The third-order valence-corrected chi connectivity index (χ3v) is 2.45. The molecular formula is C9H15NO3. The average Bonchev–Trinajstić information content (AvgIpc) is 2.17. The summed E-state index contributed by atoms with van der Waals surface area (Å²) in [5.41, 5.74) is 5.32. The highest BCUT2D eigenvalue weighted by atomic mass is 16.4. The van der Waals surface area contributed by atoms with Crippen molar-refractivity contribution < 1.29 is 15.0 Å². The fraction of sp³-hybridized carbons (Fsp3) is 0.667. The van der Waals surface area contributed by atoms with Crippen molar-refractivity contribution in [3.8, 4) is 0 Å². The van der Waals surface area contributed by atoms with Crippen LogP contribution in [0.3, 0.4) is 0 Å². The molecule has 74 valence electrons. The molecule has 1 rings (SSSR count). The number of carboxylic acid groups (broad SMARTS) is 1. The Kier molecular flexibility index (Phi) is 3.45. The van der Waals surface area contributed by atoms with E-state index in [1.165, 1.54) is 0 Å². The molecule has 1 aliphatic rings. The van der Waals surface area contributed by atoms with Crippen LogP contribution >= 0.6 is 0 Å². The standard InChI is InChI=1S/C9H15NO3/c10-7(9(12)13)8(11)6-4-2-1-3-5-6/h1-2,6-8,11H,3-5,10H2,(H,12,13). The lowest BCUT2D eigenvalue weighted by Crippen LogP contribution is -2.45. The molecule has 4 heteroatoms. The number of carboxylic acids is 1. The Hall–Kier alpha value is -0.870. The fourth-order valence-electron chi connectivity index (χ4n) is 1.57. The number of hydrogen-bond donors (Lipinski definition) is 3. The van der Waals surface area contributed by atoms with Crippen molar-refractivity contribution in [1.82, 2.24) is 0 Å². The van der Waals surface area contributed by atoms with Gasteiger partial charge in [0.2, 0.25) is 0 Å². The molecule has 4 N–H and O–H groups in total. The van der Waals surface area contributed by atoms with E-state index in [2.05, 4.69) is 0 Å². The van der Waals surface area contributed by atoms with E-state index in [4.69, 9.17) is 10.8 Å². The van der Waals surface area contributed by atoms with E-state index >= 15 is 0 Å². The van der Waals surface area contributed by atoms with Crippen LogP contribution < -0.4 is 5.73 Å². The average molecular weight is 185 g/mol. The lowest BCUT2D eigenvalue weighted by Gasteiger charge is -2.25. The predicted molar refractivity (Wildman–Crippen MR) is 48.1 cm³/mol. The maximum absolute atomic E-state index is 10.5. The lowest BCUT2D eigenvalue weighted by molar-refractivity contribution is -0.142. The summed E-state index contributed by atoms with van der Waals surface area (Å²) in [5, 5.41) is 18.2. The highest BCUT2D eigenvalue weighted by Gasteiger charge is 2.29. The Balaban J connectivity index is 2.50. The summed E-state index contributed by atoms with van der Waals surface area (Å²) in [7, 11) is 0. The minimum atomic E-state index is -1.16. The molecular weight excluding hydrogens is 170 g/mol. The lowest BCUT2D eigenvalue weighted by atomic mass is 9.86. The third-order valence-electron chi connectivity index (χ3n) is 2.45. The number of hydrogen-bond acceptors (Lipinski definition) is 3. The Morgan fingerprint density at radius 1 is 1.54 bits per heavy atom. The van der Waals surface area contributed by atoms with Gasteiger partial charge in [0.25, 0.3) is 0 Å². The van der Waals surface area contributed by atoms with Gasteiger partial charge in [0.1, 0.15) is 6.04 Å². The molecule has 4 nitrogen and oxygen atoms in total. The van der Waals surface area contributed by atoms with Crippen LogP contribution in [0.25, 0.3) is 0 Å². The number of rotatable bonds is 3. The van der Waals surface area contributed by atoms with Crippen LogP contribution in [0.4, 0.5) is 0 Å². The summed E-state index contributed by atoms with van der Waals surface area (Å²) in [6.07, 6.45) is 5.51. The Morgan fingerprint density at radius 3 is 2.69 bits per heavy atom. The van der Waals surface area contributed by atoms with E-state index in [9.17, 15) is 9.90 Å². The zero-order chi connectivity index (χ0) is 9.84. The van der Waals surface area contributed by atoms with Gasteiger partial charge in [-0.2, -0.15) is 0 Å². The van der Waals surface area contributed by atoms with E-state index in [1.54, 1.807) is 0 Å². The van der Waals surface area contributed by atoms with Crippen LogP contribution in [0.5, 0.6) is 0 Å². The molecule has 0 saturated heterocycles. The molecule has 0 aromatic rings. The summed E-state index contributed by atoms with van der Waals surface area (Å²) < 4.78 is 0. The minimum Gasteiger partial charge on any atom is -0.480 e. The molecule has 3 atom stereocenters. The SMILES string of the molecule is NC(C(=O)O)C(O)C1CC=CCC1. The van der Waals surface area contributed by atoms with Crippen molar-refractivity contribution in [3.63, 3.8) is 0 Å². The molecule has 0 spiro atoms. The second kappa shape index (κ2) is 4.39. The molecule has 0 heterocycles. The van der Waals surface area contributed by atoms with Crippen LogP contribution in [0.15, 0.2) is 12.2 Å². The van der Waals surface area contributed by atoms with Gasteiger partial charge < -0.3 is 15.9 Å². The molecule has 0 aromatic carbocycles. The Bertz CT molecular complexity index is 215. The van der Waals surface area contributed by atoms with Crippen LogP contribution in [0.1, 0.15) is 19.3 Å². The first-order valence-corrected chi connectivity index (χ1v) is 4.44. The summed E-state index contributed by atoms with van der Waals surface area (Å²) in [5.74, 6) is -1.14. The van der Waals surface area contributed by atoms with Crippen LogP contribution in [0.2, 0.25) is 0 Å². The zero-order valence-electron chi connectivity index (χ0n) is 7.39. The minimum absolute atomic E-state index is 0.00361. The van der Waals surface area contributed by atoms with Gasteiger partial charge in [-0.25, -0.2) is 0 Å². The zero-order valence-corrected chi connectivity index (χ0v) is 7.39. The van der Waals surface area contributed by atoms with Gasteiger partial charge in [0.15, 0.2) is 0 Å². The van der Waals surface area contributed by atoms with Crippen molar-refractivity contribution >= 4 is 5.97 Å². The van der Waals surface area contributed by atoms with E-state index < -0.39 is 18.1 Å². The summed E-state index contributed by atoms with van der Waals surface area (Å²) in [6, 6.07) is -1.16. The molecule has 3 unspecified atom stereocenters. The summed E-state index contributed by atoms with van der Waals surface area (Å²) in [6.45, 7) is 0. The smallest absolute Gasteiger partial charge is 0.323 e. The van der Waals surface area contributed by atoms with Gasteiger partial charge >= 0.3 is 5.97 Å². The van der Waals surface area contributed by atoms with Gasteiger partial charge in [0, 0.05) is 0 Å². The van der Waals surface area contributed by atoms with E-state index in [0.717, 1.165) is 19.3 Å². The number of nitrogens with two attached hydrogens (primary N) is 1. The number of allylic oxidation sites excluding steroid dienone is 2. The molecule has 0 saturated carbocycles. The van der Waals surface area contributed by atoms with Crippen LogP contribution in [-0.2, 0) is 4.79 Å². The van der Waals surface area contributed by atoms with Crippen molar-refractivity contribution in [1.29, 1.82) is 0 Å². The van der Waals surface area contributed by atoms with Crippen molar-refractivity contribution in [3.05, 3.63) is 12.2 Å². The molecule has 0 aromatic heterocycles. The molecule has 13 heavy (non-hydrogen) atoms. The predicted octanol–water partition coefficient (Wildman–Crippen LogP) is 0.115. The van der Waals surface area contributed by atoms with Crippen LogP contribution in [0, 0.1) is 5.92 Å². The first kappa shape index (κ1) is 10.2. The molecule has 0 fully saturated rings. The second-order valence-electron chi connectivity index (χ2n) is 3.40. The Labute approximate surface area is 77.1 Å². The van der Waals surface area contributed by atoms with E-state index in [0.29, 0.717) is 0 Å². The van der Waals surface area contributed by atoms with Gasteiger partial charge in [-0.3, -0.25) is 4.79 Å². The van der Waals surface area contributed by atoms with Crippen molar-refractivity contribution in [2.45, 2.75) is 31.4 Å². The van der Waals surface area contributed by atoms with E-state index in [1.807, 2.05) is 12.2 Å². The normalized spacial score (nSPS) is 26.8. The van der Waals surface area contributed by atoms with Crippen LogP contribution in [-0.4, -0.2) is 28.3 Å². The maximum Gasteiger partial charge on any atom is 0.323 e. The molecule has 0 radical (unpaired) electrons. The summed E-state index contributed by atoms with van der Waals surface area (Å²) in [4.78, 5) is 10.5. The molecule has 1 aliphatic carbocycles. The quantitative estimate of drug-likeness (QED) is 0.545. The maximum atomic E-state index is 10.5. The second-order valence-corrected chi connectivity index (χ2v) is 3.40. The van der Waals surface area contributed by atoms with Crippen molar-refractivity contribution in [2.24, 2.45) is 11.7 Å². The number of aliphatic hydroxyl groups excluding tert-OH is 1. The molecule has 0 bridgehead atoms. The van der Waals surface area contributed by atoms with Gasteiger partial charge in [-0.1, -0.05) is 12.2 Å². The molecule has 0 amide bonds. The van der Waals surface area contributed by atoms with Gasteiger partial charge in [-0.05, 0) is 25.2 Å². The van der Waals surface area contributed by atoms with E-state index in [-0.39, 0.29) is 5.92 Å². The largest absolute Gasteiger partial charge is 0.480 e. The topological polar surface area (TPSA) is 83.6 Å². The Morgan fingerprint density at radius 2 is 2.23 bits per heavy atom.